The van der Waals surface area contributed by atoms with E-state index in [2.05, 4.69) is 11.9 Å². The molecule has 2 N–H and O–H groups in total. The van der Waals surface area contributed by atoms with Gasteiger partial charge in [0.15, 0.2) is 0 Å². The zero-order valence-corrected chi connectivity index (χ0v) is 11.4. The molecule has 6 heteroatoms. The van der Waals surface area contributed by atoms with Crippen molar-refractivity contribution in [3.8, 4) is 0 Å². The number of carbonyl (C=O) groups excluding carboxylic acids is 1. The van der Waals surface area contributed by atoms with Gasteiger partial charge in [0, 0.05) is 5.75 Å². The molecule has 0 spiro atoms. The minimum absolute atomic E-state index is 0.226. The number of ether oxygens (including phenoxy) is 1. The van der Waals surface area contributed by atoms with Gasteiger partial charge >= 0.3 is 12.1 Å². The first kappa shape index (κ1) is 15.8. The number of hydrogen-bond acceptors (Lipinski definition) is 4. The second-order valence-electron chi connectivity index (χ2n) is 4.55. The lowest BCUT2D eigenvalue weighted by Crippen LogP contribution is -2.44. The largest absolute Gasteiger partial charge is 0.480 e. The van der Waals surface area contributed by atoms with Crippen molar-refractivity contribution in [2.45, 2.75) is 39.3 Å². The molecule has 1 amide bonds. The van der Waals surface area contributed by atoms with Gasteiger partial charge < -0.3 is 15.2 Å². The fraction of sp³-hybridized carbons (Fsp3) is 0.636. The number of rotatable bonds is 5. The monoisotopic (exact) mass is 261 g/mol. The van der Waals surface area contributed by atoms with Gasteiger partial charge in [0.25, 0.3) is 0 Å². The van der Waals surface area contributed by atoms with Crippen molar-refractivity contribution in [3.63, 3.8) is 0 Å². The second-order valence-corrected chi connectivity index (χ2v) is 5.87. The number of aliphatic carboxylic acids is 1. The van der Waals surface area contributed by atoms with Crippen molar-refractivity contribution in [1.82, 2.24) is 5.32 Å². The van der Waals surface area contributed by atoms with Crippen LogP contribution in [0.3, 0.4) is 0 Å². The molecule has 0 fully saturated rings. The van der Waals surface area contributed by atoms with Crippen molar-refractivity contribution in [2.75, 3.05) is 5.75 Å². The van der Waals surface area contributed by atoms with Gasteiger partial charge in [-0.15, -0.1) is 11.8 Å². The molecule has 0 unspecified atom stereocenters. The molecule has 0 radical (unpaired) electrons. The van der Waals surface area contributed by atoms with Crippen LogP contribution < -0.4 is 5.32 Å². The van der Waals surface area contributed by atoms with Crippen LogP contribution in [0.2, 0.25) is 0 Å². The van der Waals surface area contributed by atoms with Crippen LogP contribution in [0.4, 0.5) is 4.79 Å². The Hall–Kier alpha value is -1.17. The summed E-state index contributed by atoms with van der Waals surface area (Å²) < 4.78 is 4.98. The molecule has 0 saturated carbocycles. The Balaban J connectivity index is 4.30. The standard InChI is InChI=1S/C11H19NO4S/c1-7(2)17-6-8(9(13)14)12-10(15)16-11(3,4)5/h8H,1,6H2,2-5H3,(H,12,15)(H,13,14)/t8-/m0/s1. The normalized spacial score (nSPS) is 12.7. The molecule has 0 rings (SSSR count). The lowest BCUT2D eigenvalue weighted by molar-refractivity contribution is -0.138. The van der Waals surface area contributed by atoms with Crippen LogP contribution in [0, 0.1) is 0 Å². The number of hydrogen-bond donors (Lipinski definition) is 2. The van der Waals surface area contributed by atoms with E-state index in [0.29, 0.717) is 0 Å². The van der Waals surface area contributed by atoms with E-state index in [0.717, 1.165) is 4.91 Å². The summed E-state index contributed by atoms with van der Waals surface area (Å²) >= 11 is 1.28. The maximum Gasteiger partial charge on any atom is 0.408 e. The van der Waals surface area contributed by atoms with Crippen LogP contribution in [0.5, 0.6) is 0 Å². The average molecular weight is 261 g/mol. The number of alkyl carbamates (subject to hydrolysis) is 1. The van der Waals surface area contributed by atoms with Gasteiger partial charge in [-0.05, 0) is 32.6 Å². The van der Waals surface area contributed by atoms with E-state index < -0.39 is 23.7 Å². The van der Waals surface area contributed by atoms with Gasteiger partial charge in [0.2, 0.25) is 0 Å². The minimum Gasteiger partial charge on any atom is -0.480 e. The van der Waals surface area contributed by atoms with Crippen molar-refractivity contribution < 1.29 is 19.4 Å². The summed E-state index contributed by atoms with van der Waals surface area (Å²) in [5.74, 6) is -0.867. The number of carbonyl (C=O) groups is 2. The van der Waals surface area contributed by atoms with Crippen molar-refractivity contribution >= 4 is 23.8 Å². The summed E-state index contributed by atoms with van der Waals surface area (Å²) in [6, 6.07) is -0.980. The third kappa shape index (κ3) is 8.62. The third-order valence-corrected chi connectivity index (χ3v) is 2.48. The first-order valence-corrected chi connectivity index (χ1v) is 6.11. The predicted octanol–water partition coefficient (Wildman–Crippen LogP) is 2.23. The lowest BCUT2D eigenvalue weighted by atomic mass is 10.2. The Kier molecular flexibility index (Phi) is 6.09. The highest BCUT2D eigenvalue weighted by Gasteiger charge is 2.23. The van der Waals surface area contributed by atoms with E-state index in [1.54, 1.807) is 27.7 Å². The zero-order chi connectivity index (χ0) is 13.6. The molecule has 0 aromatic rings. The molecule has 17 heavy (non-hydrogen) atoms. The van der Waals surface area contributed by atoms with E-state index in [1.165, 1.54) is 11.8 Å². The lowest BCUT2D eigenvalue weighted by Gasteiger charge is -2.21. The molecular weight excluding hydrogens is 242 g/mol. The SMILES string of the molecule is C=C(C)SC[C@H](NC(=O)OC(C)(C)C)C(=O)O. The van der Waals surface area contributed by atoms with E-state index >= 15 is 0 Å². The van der Waals surface area contributed by atoms with E-state index in [-0.39, 0.29) is 5.75 Å². The maximum absolute atomic E-state index is 11.4. The Morgan fingerprint density at radius 2 is 2.00 bits per heavy atom. The molecule has 0 aliphatic rings. The Morgan fingerprint density at radius 1 is 1.47 bits per heavy atom. The molecule has 0 heterocycles. The summed E-state index contributed by atoms with van der Waals surface area (Å²) in [4.78, 5) is 23.1. The summed E-state index contributed by atoms with van der Waals surface area (Å²) in [5.41, 5.74) is -0.644. The molecule has 0 aromatic carbocycles. The van der Waals surface area contributed by atoms with E-state index in [1.807, 2.05) is 0 Å². The van der Waals surface area contributed by atoms with Crippen LogP contribution >= 0.6 is 11.8 Å². The molecule has 0 aliphatic heterocycles. The maximum atomic E-state index is 11.4. The predicted molar refractivity (Wildman–Crippen MR) is 68.1 cm³/mol. The molecule has 1 atom stereocenters. The van der Waals surface area contributed by atoms with Crippen LogP contribution in [-0.2, 0) is 9.53 Å². The highest BCUT2D eigenvalue weighted by atomic mass is 32.2. The van der Waals surface area contributed by atoms with Gasteiger partial charge in [-0.1, -0.05) is 6.58 Å². The summed E-state index contributed by atoms with van der Waals surface area (Å²) in [6.07, 6.45) is -0.729. The highest BCUT2D eigenvalue weighted by molar-refractivity contribution is 8.03. The van der Waals surface area contributed by atoms with E-state index in [9.17, 15) is 9.59 Å². The Morgan fingerprint density at radius 3 is 2.35 bits per heavy atom. The molecule has 0 aliphatic carbocycles. The van der Waals surface area contributed by atoms with Gasteiger partial charge in [-0.2, -0.15) is 0 Å². The summed E-state index contributed by atoms with van der Waals surface area (Å²) in [7, 11) is 0. The number of carboxylic acid groups (broad SMARTS) is 1. The topological polar surface area (TPSA) is 75.6 Å². The molecule has 98 valence electrons. The number of nitrogens with one attached hydrogen (secondary N) is 1. The first-order chi connectivity index (χ1) is 7.61. The van der Waals surface area contributed by atoms with Gasteiger partial charge in [-0.25, -0.2) is 9.59 Å². The fourth-order valence-electron chi connectivity index (χ4n) is 0.850. The van der Waals surface area contributed by atoms with Crippen LogP contribution in [0.1, 0.15) is 27.7 Å². The average Bonchev–Trinajstić information content (AvgIpc) is 2.08. The van der Waals surface area contributed by atoms with Crippen LogP contribution in [-0.4, -0.2) is 34.6 Å². The molecule has 5 nitrogen and oxygen atoms in total. The van der Waals surface area contributed by atoms with Crippen LogP contribution in [0.25, 0.3) is 0 Å². The van der Waals surface area contributed by atoms with Crippen molar-refractivity contribution in [1.29, 1.82) is 0 Å². The highest BCUT2D eigenvalue weighted by Crippen LogP contribution is 2.14. The number of amides is 1. The summed E-state index contributed by atoms with van der Waals surface area (Å²) in [6.45, 7) is 10.6. The zero-order valence-electron chi connectivity index (χ0n) is 10.6. The van der Waals surface area contributed by atoms with Gasteiger partial charge in [0.05, 0.1) is 0 Å². The van der Waals surface area contributed by atoms with E-state index in [4.69, 9.17) is 9.84 Å². The Labute approximate surface area is 106 Å². The number of allylic oxidation sites excluding steroid dienone is 1. The summed E-state index contributed by atoms with van der Waals surface area (Å²) in [5, 5.41) is 11.2. The number of thioether (sulfide) groups is 1. The molecular formula is C11H19NO4S. The van der Waals surface area contributed by atoms with Gasteiger partial charge in [0.1, 0.15) is 11.6 Å². The number of carboxylic acids is 1. The fourth-order valence-corrected chi connectivity index (χ4v) is 1.53. The minimum atomic E-state index is -1.09. The molecule has 0 saturated heterocycles. The second kappa shape index (κ2) is 6.54. The molecule has 0 bridgehead atoms. The smallest absolute Gasteiger partial charge is 0.408 e. The quantitative estimate of drug-likeness (QED) is 0.793. The first-order valence-electron chi connectivity index (χ1n) is 5.12. The van der Waals surface area contributed by atoms with Crippen molar-refractivity contribution in [3.05, 3.63) is 11.5 Å². The third-order valence-electron chi connectivity index (χ3n) is 1.49. The molecule has 0 aromatic heterocycles. The van der Waals surface area contributed by atoms with Crippen LogP contribution in [0.15, 0.2) is 11.5 Å². The van der Waals surface area contributed by atoms with Gasteiger partial charge in [-0.3, -0.25) is 0 Å². The van der Waals surface area contributed by atoms with Crippen molar-refractivity contribution in [2.24, 2.45) is 0 Å². The Bertz CT molecular complexity index is 309.